The van der Waals surface area contributed by atoms with Crippen LogP contribution in [0.15, 0.2) is 73.1 Å². The van der Waals surface area contributed by atoms with E-state index in [9.17, 15) is 36.2 Å². The van der Waals surface area contributed by atoms with Gasteiger partial charge in [-0.3, -0.25) is 19.6 Å². The molecule has 41 heavy (non-hydrogen) atoms. The number of pyridine rings is 1. The molecule has 220 valence electrons. The number of esters is 1. The highest BCUT2D eigenvalue weighted by Crippen LogP contribution is 2.50. The summed E-state index contributed by atoms with van der Waals surface area (Å²) in [4.78, 5) is 21.0. The molecule has 1 atom stereocenters. The van der Waals surface area contributed by atoms with Crippen molar-refractivity contribution in [2.24, 2.45) is 0 Å². The molecular weight excluding hydrogens is 552 g/mol. The smallest absolute Gasteiger partial charge is 0.430 e. The number of carbonyl (C=O) groups is 1. The second-order valence-corrected chi connectivity index (χ2v) is 9.81. The quantitative estimate of drug-likeness (QED) is 0.288. The molecule has 0 spiro atoms. The highest BCUT2D eigenvalue weighted by atomic mass is 19.4. The summed E-state index contributed by atoms with van der Waals surface area (Å²) >= 11 is 0. The summed E-state index contributed by atoms with van der Waals surface area (Å²) in [6.07, 6.45) is -8.45. The fourth-order valence-electron chi connectivity index (χ4n) is 4.85. The molecule has 1 aliphatic heterocycles. The molecule has 1 aliphatic rings. The zero-order valence-electron chi connectivity index (χ0n) is 22.1. The first-order chi connectivity index (χ1) is 19.3. The lowest BCUT2D eigenvalue weighted by molar-refractivity contribution is -0.376. The van der Waals surface area contributed by atoms with E-state index in [-0.39, 0.29) is 12.6 Å². The van der Waals surface area contributed by atoms with Crippen LogP contribution in [0, 0.1) is 0 Å². The summed E-state index contributed by atoms with van der Waals surface area (Å²) in [5.41, 5.74) is -3.40. The molecule has 12 heteroatoms. The zero-order chi connectivity index (χ0) is 29.8. The molecule has 0 aliphatic carbocycles. The lowest BCUT2D eigenvalue weighted by atomic mass is 9.90. The van der Waals surface area contributed by atoms with Gasteiger partial charge in [0.1, 0.15) is 6.04 Å². The number of rotatable bonds is 8. The van der Waals surface area contributed by atoms with Crippen molar-refractivity contribution in [1.82, 2.24) is 14.8 Å². The highest BCUT2D eigenvalue weighted by Gasteiger charge is 2.71. The molecule has 6 nitrogen and oxygen atoms in total. The van der Waals surface area contributed by atoms with Crippen molar-refractivity contribution in [3.05, 3.63) is 89.7 Å². The number of hydrogen-bond donors (Lipinski definition) is 1. The van der Waals surface area contributed by atoms with Crippen molar-refractivity contribution in [1.29, 1.82) is 0 Å². The monoisotopic (exact) mass is 581 g/mol. The lowest BCUT2D eigenvalue weighted by Crippen LogP contribution is -2.56. The number of alkyl halides is 6. The summed E-state index contributed by atoms with van der Waals surface area (Å²) in [6, 6.07) is 13.8. The maximum absolute atomic E-state index is 13.2. The highest BCUT2D eigenvalue weighted by molar-refractivity contribution is 5.76. The van der Waals surface area contributed by atoms with Crippen LogP contribution in [0.25, 0.3) is 11.1 Å². The number of halogens is 6. The predicted octanol–water partition coefficient (Wildman–Crippen LogP) is 5.31. The van der Waals surface area contributed by atoms with Gasteiger partial charge in [-0.15, -0.1) is 0 Å². The van der Waals surface area contributed by atoms with Gasteiger partial charge >= 0.3 is 18.3 Å². The molecule has 0 unspecified atom stereocenters. The van der Waals surface area contributed by atoms with E-state index in [1.807, 2.05) is 17.0 Å². The number of aliphatic hydroxyl groups is 1. The van der Waals surface area contributed by atoms with E-state index in [0.29, 0.717) is 49.4 Å². The van der Waals surface area contributed by atoms with Gasteiger partial charge in [0.25, 0.3) is 5.60 Å². The van der Waals surface area contributed by atoms with Gasteiger partial charge in [0, 0.05) is 50.7 Å². The van der Waals surface area contributed by atoms with Gasteiger partial charge in [-0.1, -0.05) is 48.5 Å². The molecule has 1 aromatic heterocycles. The van der Waals surface area contributed by atoms with Crippen LogP contribution in [0.1, 0.15) is 23.6 Å². The largest absolute Gasteiger partial charge is 0.465 e. The number of hydrogen-bond acceptors (Lipinski definition) is 6. The molecule has 0 radical (unpaired) electrons. The molecular formula is C29H29F6N3O3. The van der Waals surface area contributed by atoms with Crippen molar-refractivity contribution in [2.75, 3.05) is 26.2 Å². The maximum atomic E-state index is 13.2. The molecule has 4 rings (SSSR count). The molecule has 2 heterocycles. The van der Waals surface area contributed by atoms with Crippen molar-refractivity contribution in [2.45, 2.75) is 44.0 Å². The zero-order valence-corrected chi connectivity index (χ0v) is 22.1. The fourth-order valence-corrected chi connectivity index (χ4v) is 4.85. The number of carbonyl (C=O) groups excluding carboxylic acids is 1. The average molecular weight is 582 g/mol. The van der Waals surface area contributed by atoms with Crippen LogP contribution in [-0.2, 0) is 28.2 Å². The van der Waals surface area contributed by atoms with Crippen LogP contribution < -0.4 is 0 Å². The van der Waals surface area contributed by atoms with Gasteiger partial charge in [-0.2, -0.15) is 26.3 Å². The van der Waals surface area contributed by atoms with Gasteiger partial charge in [-0.25, -0.2) is 0 Å². The first-order valence-electron chi connectivity index (χ1n) is 12.9. The molecule has 3 aromatic rings. The Morgan fingerprint density at radius 1 is 0.854 bits per heavy atom. The number of benzene rings is 2. The second-order valence-electron chi connectivity index (χ2n) is 9.81. The van der Waals surface area contributed by atoms with E-state index in [1.165, 1.54) is 0 Å². The van der Waals surface area contributed by atoms with E-state index in [1.54, 1.807) is 43.6 Å². The van der Waals surface area contributed by atoms with E-state index < -0.39 is 29.6 Å². The van der Waals surface area contributed by atoms with Gasteiger partial charge in [0.2, 0.25) is 0 Å². The van der Waals surface area contributed by atoms with Crippen LogP contribution in [0.2, 0.25) is 0 Å². The van der Waals surface area contributed by atoms with Crippen LogP contribution in [0.4, 0.5) is 26.3 Å². The third-order valence-electron chi connectivity index (χ3n) is 7.09. The molecule has 1 N–H and O–H groups in total. The van der Waals surface area contributed by atoms with Crippen LogP contribution >= 0.6 is 0 Å². The van der Waals surface area contributed by atoms with Gasteiger partial charge in [-0.05, 0) is 41.3 Å². The van der Waals surface area contributed by atoms with Crippen molar-refractivity contribution in [3.8, 4) is 11.1 Å². The standard InChI is InChI=1S/C29H29F6N3O3/c1-2-41-26(39)25-19-37(17-21-11-13-36-14-12-21)15-16-38(25)18-20-3-5-22(6-4-20)23-7-9-24(10-8-23)27(40,28(30,31)32)29(33,34)35/h3-14,25,40H,2,15-19H2,1H3/t25-/m1/s1. The van der Waals surface area contributed by atoms with Crippen LogP contribution in [0.3, 0.4) is 0 Å². The third-order valence-corrected chi connectivity index (χ3v) is 7.09. The Labute approximate surface area is 233 Å². The van der Waals surface area contributed by atoms with Crippen molar-refractivity contribution >= 4 is 5.97 Å². The third kappa shape index (κ3) is 6.71. The van der Waals surface area contributed by atoms with Gasteiger partial charge in [0.15, 0.2) is 0 Å². The van der Waals surface area contributed by atoms with Gasteiger partial charge < -0.3 is 9.84 Å². The number of piperazine rings is 1. The van der Waals surface area contributed by atoms with Crippen LogP contribution in [0.5, 0.6) is 0 Å². The fraction of sp³-hybridized carbons (Fsp3) is 0.379. The summed E-state index contributed by atoms with van der Waals surface area (Å²) in [5, 5.41) is 9.60. The Balaban J connectivity index is 1.47. The van der Waals surface area contributed by atoms with E-state index in [2.05, 4.69) is 9.88 Å². The van der Waals surface area contributed by atoms with Crippen LogP contribution in [-0.4, -0.2) is 70.5 Å². The minimum Gasteiger partial charge on any atom is -0.465 e. The molecule has 0 saturated carbocycles. The normalized spacial score (nSPS) is 17.4. The minimum absolute atomic E-state index is 0.254. The molecule has 0 amide bonds. The summed E-state index contributed by atoms with van der Waals surface area (Å²) in [7, 11) is 0. The number of ether oxygens (including phenoxy) is 1. The van der Waals surface area contributed by atoms with E-state index >= 15 is 0 Å². The lowest BCUT2D eigenvalue weighted by Gasteiger charge is -2.40. The molecule has 2 aromatic carbocycles. The summed E-state index contributed by atoms with van der Waals surface area (Å²) < 4.78 is 84.4. The minimum atomic E-state index is -5.94. The van der Waals surface area contributed by atoms with Crippen molar-refractivity contribution in [3.63, 3.8) is 0 Å². The summed E-state index contributed by atoms with van der Waals surface area (Å²) in [5.74, 6) is -0.318. The number of aromatic nitrogens is 1. The first kappa shape index (κ1) is 30.5. The maximum Gasteiger partial charge on any atom is 0.430 e. The Kier molecular flexibility index (Phi) is 9.05. The number of nitrogens with zero attached hydrogens (tertiary/aromatic N) is 3. The van der Waals surface area contributed by atoms with Crippen molar-refractivity contribution < 1.29 is 41.0 Å². The average Bonchev–Trinajstić information content (AvgIpc) is 2.93. The topological polar surface area (TPSA) is 65.9 Å². The van der Waals surface area contributed by atoms with E-state index in [4.69, 9.17) is 4.74 Å². The van der Waals surface area contributed by atoms with Gasteiger partial charge in [0.05, 0.1) is 6.61 Å². The van der Waals surface area contributed by atoms with E-state index in [0.717, 1.165) is 29.8 Å². The first-order valence-corrected chi connectivity index (χ1v) is 12.9. The predicted molar refractivity (Wildman–Crippen MR) is 138 cm³/mol. The molecule has 0 bridgehead atoms. The molecule has 1 saturated heterocycles. The molecule has 1 fully saturated rings. The summed E-state index contributed by atoms with van der Waals surface area (Å²) in [6.45, 7) is 4.93. The SMILES string of the molecule is CCOC(=O)[C@H]1CN(Cc2ccncc2)CCN1Cc1ccc(-c2ccc(C(O)(C(F)(F)F)C(F)(F)F)cc2)cc1. The second kappa shape index (κ2) is 12.2. The Morgan fingerprint density at radius 2 is 1.39 bits per heavy atom. The Hall–Kier alpha value is -3.48. The Morgan fingerprint density at radius 3 is 1.93 bits per heavy atom. The Bertz CT molecular complexity index is 1280.